The van der Waals surface area contributed by atoms with Crippen LogP contribution in [0.2, 0.25) is 0 Å². The van der Waals surface area contributed by atoms with Crippen molar-refractivity contribution in [3.05, 3.63) is 73.9 Å². The Hall–Kier alpha value is -2.93. The number of methoxy groups -OCH3 is 1. The molecule has 0 unspecified atom stereocenters. The number of piperazine rings is 1. The highest BCUT2D eigenvalue weighted by Crippen LogP contribution is 2.22. The van der Waals surface area contributed by atoms with E-state index in [0.717, 1.165) is 43.0 Å². The largest absolute Gasteiger partial charge is 0.493 e. The maximum atomic E-state index is 12.8. The van der Waals surface area contributed by atoms with Gasteiger partial charge in [0.25, 0.3) is 5.69 Å². The Morgan fingerprint density at radius 3 is 2.28 bits per heavy atom. The fraction of sp³-hybridized carbons (Fsp3) is 0.409. The van der Waals surface area contributed by atoms with Gasteiger partial charge in [-0.2, -0.15) is 0 Å². The van der Waals surface area contributed by atoms with Crippen molar-refractivity contribution < 1.29 is 9.66 Å². The summed E-state index contributed by atoms with van der Waals surface area (Å²) >= 11 is 0. The number of nitro groups is 1. The first-order chi connectivity index (χ1) is 13.9. The zero-order valence-corrected chi connectivity index (χ0v) is 17.1. The Morgan fingerprint density at radius 2 is 1.72 bits per heavy atom. The van der Waals surface area contributed by atoms with E-state index in [1.807, 2.05) is 18.2 Å². The molecule has 154 valence electrons. The van der Waals surface area contributed by atoms with Gasteiger partial charge in [-0.1, -0.05) is 26.0 Å². The van der Waals surface area contributed by atoms with Gasteiger partial charge in [-0.15, -0.1) is 0 Å². The number of nitrogens with zero attached hydrogens (tertiary/aromatic N) is 3. The topological polar surface area (TPSA) is 75.9 Å². The average Bonchev–Trinajstić information content (AvgIpc) is 2.88. The lowest BCUT2D eigenvalue weighted by atomic mass is 10.1. The smallest absolute Gasteiger partial charge is 0.269 e. The molecule has 0 spiro atoms. The van der Waals surface area contributed by atoms with Crippen LogP contribution in [0.25, 0.3) is 0 Å². The number of hydrogen-bond donors (Lipinski definition) is 0. The van der Waals surface area contributed by atoms with E-state index in [9.17, 15) is 14.9 Å². The summed E-state index contributed by atoms with van der Waals surface area (Å²) in [5.41, 5.74) is 2.83. The van der Waals surface area contributed by atoms with Crippen molar-refractivity contribution in [3.63, 3.8) is 0 Å². The molecule has 0 bridgehead atoms. The molecule has 3 rings (SSSR count). The Labute approximate surface area is 170 Å². The van der Waals surface area contributed by atoms with Crippen LogP contribution in [0.5, 0.6) is 5.75 Å². The summed E-state index contributed by atoms with van der Waals surface area (Å²) in [6.07, 6.45) is 0. The molecule has 1 aliphatic heterocycles. The molecule has 0 aliphatic carbocycles. The van der Waals surface area contributed by atoms with E-state index in [1.54, 1.807) is 12.1 Å². The van der Waals surface area contributed by atoms with E-state index >= 15 is 0 Å². The molecule has 1 fully saturated rings. The van der Waals surface area contributed by atoms with Crippen molar-refractivity contribution in [2.24, 2.45) is 0 Å². The summed E-state index contributed by atoms with van der Waals surface area (Å²) in [6, 6.07) is 12.4. The van der Waals surface area contributed by atoms with E-state index in [0.29, 0.717) is 18.2 Å². The van der Waals surface area contributed by atoms with Crippen LogP contribution in [-0.4, -0.2) is 43.1 Å². The van der Waals surface area contributed by atoms with Crippen molar-refractivity contribution in [1.82, 2.24) is 4.90 Å². The van der Waals surface area contributed by atoms with Crippen LogP contribution in [0.4, 0.5) is 11.4 Å². The fourth-order valence-corrected chi connectivity index (χ4v) is 3.52. The van der Waals surface area contributed by atoms with Gasteiger partial charge in [0.1, 0.15) is 0 Å². The van der Waals surface area contributed by atoms with Crippen LogP contribution in [0.3, 0.4) is 0 Å². The summed E-state index contributed by atoms with van der Waals surface area (Å²) in [7, 11) is 1.54. The molecule has 0 N–H and O–H groups in total. The second-order valence-corrected chi connectivity index (χ2v) is 7.59. The molecule has 1 heterocycles. The zero-order valence-electron chi connectivity index (χ0n) is 17.1. The Morgan fingerprint density at radius 1 is 1.07 bits per heavy atom. The molecule has 7 nitrogen and oxygen atoms in total. The first kappa shape index (κ1) is 20.8. The molecule has 0 atom stereocenters. The molecular weight excluding hydrogens is 370 g/mol. The summed E-state index contributed by atoms with van der Waals surface area (Å²) < 4.78 is 5.34. The summed E-state index contributed by atoms with van der Waals surface area (Å²) in [6.45, 7) is 8.00. The highest BCUT2D eigenvalue weighted by molar-refractivity contribution is 5.51. The first-order valence-corrected chi connectivity index (χ1v) is 9.82. The monoisotopic (exact) mass is 397 g/mol. The van der Waals surface area contributed by atoms with Crippen LogP contribution in [0.15, 0.2) is 47.3 Å². The van der Waals surface area contributed by atoms with Gasteiger partial charge in [-0.05, 0) is 29.7 Å². The second-order valence-electron chi connectivity index (χ2n) is 7.59. The maximum absolute atomic E-state index is 12.8. The minimum atomic E-state index is -0.388. The third kappa shape index (κ3) is 4.92. The van der Waals surface area contributed by atoms with Crippen molar-refractivity contribution in [1.29, 1.82) is 0 Å². The quantitative estimate of drug-likeness (QED) is 0.549. The lowest BCUT2D eigenvalue weighted by Gasteiger charge is -2.36. The lowest BCUT2D eigenvalue weighted by molar-refractivity contribution is -0.384. The SMILES string of the molecule is COc1cc(C(C)C)ccc(CN2CCN(c3ccc([N+](=O)[O-])cc3)CC2)c1=O. The number of non-ortho nitro benzene ring substituents is 1. The van der Waals surface area contributed by atoms with Crippen molar-refractivity contribution in [3.8, 4) is 5.75 Å². The first-order valence-electron chi connectivity index (χ1n) is 9.82. The van der Waals surface area contributed by atoms with Crippen molar-refractivity contribution >= 4 is 11.4 Å². The van der Waals surface area contributed by atoms with Crippen molar-refractivity contribution in [2.45, 2.75) is 26.3 Å². The molecule has 29 heavy (non-hydrogen) atoms. The summed E-state index contributed by atoms with van der Waals surface area (Å²) in [4.78, 5) is 27.7. The van der Waals surface area contributed by atoms with E-state index in [1.165, 1.54) is 19.2 Å². The predicted octanol–water partition coefficient (Wildman–Crippen LogP) is 3.41. The number of benzene rings is 1. The Balaban J connectivity index is 1.68. The third-order valence-corrected chi connectivity index (χ3v) is 5.37. The van der Waals surface area contributed by atoms with Gasteiger partial charge in [0.15, 0.2) is 5.75 Å². The number of nitro benzene ring substituents is 1. The minimum Gasteiger partial charge on any atom is -0.493 e. The van der Waals surface area contributed by atoms with Gasteiger partial charge in [-0.25, -0.2) is 0 Å². The standard InChI is InChI=1S/C22H27N3O4/c1-16(2)17-4-5-18(22(26)21(14-17)29-3)15-23-10-12-24(13-11-23)19-6-8-20(9-7-19)25(27)28/h4-9,14,16H,10-13,15H2,1-3H3. The molecule has 0 amide bonds. The summed E-state index contributed by atoms with van der Waals surface area (Å²) in [5.74, 6) is 0.701. The number of anilines is 1. The van der Waals surface area contributed by atoms with E-state index in [2.05, 4.69) is 23.6 Å². The minimum absolute atomic E-state index is 0.0581. The molecule has 7 heteroatoms. The number of rotatable bonds is 6. The van der Waals surface area contributed by atoms with Crippen LogP contribution < -0.4 is 15.1 Å². The highest BCUT2D eigenvalue weighted by atomic mass is 16.6. The highest BCUT2D eigenvalue weighted by Gasteiger charge is 2.19. The zero-order chi connectivity index (χ0) is 21.0. The van der Waals surface area contributed by atoms with Gasteiger partial charge >= 0.3 is 0 Å². The maximum Gasteiger partial charge on any atom is 0.269 e. The predicted molar refractivity (Wildman–Crippen MR) is 114 cm³/mol. The molecule has 0 saturated carbocycles. The van der Waals surface area contributed by atoms with Crippen LogP contribution >= 0.6 is 0 Å². The molecule has 0 aromatic heterocycles. The average molecular weight is 397 g/mol. The molecular formula is C22H27N3O4. The van der Waals surface area contributed by atoms with E-state index in [4.69, 9.17) is 4.74 Å². The number of hydrogen-bond acceptors (Lipinski definition) is 6. The Kier molecular flexibility index (Phi) is 6.49. The van der Waals surface area contributed by atoms with Gasteiger partial charge in [0.05, 0.1) is 12.0 Å². The molecule has 1 saturated heterocycles. The van der Waals surface area contributed by atoms with E-state index in [-0.39, 0.29) is 16.0 Å². The van der Waals surface area contributed by atoms with E-state index < -0.39 is 0 Å². The van der Waals surface area contributed by atoms with Crippen LogP contribution in [0.1, 0.15) is 30.9 Å². The normalized spacial score (nSPS) is 14.8. The van der Waals surface area contributed by atoms with Gasteiger partial charge in [0, 0.05) is 56.1 Å². The van der Waals surface area contributed by atoms with Crippen LogP contribution in [-0.2, 0) is 6.54 Å². The Bertz CT molecular complexity index is 920. The molecule has 2 aromatic rings. The molecule has 1 aliphatic rings. The molecule has 2 aromatic carbocycles. The lowest BCUT2D eigenvalue weighted by Crippen LogP contribution is -2.46. The van der Waals surface area contributed by atoms with Gasteiger partial charge in [-0.3, -0.25) is 19.8 Å². The second kappa shape index (κ2) is 9.05. The summed E-state index contributed by atoms with van der Waals surface area (Å²) in [5, 5.41) is 10.8. The molecule has 0 radical (unpaired) electrons. The third-order valence-electron chi connectivity index (χ3n) is 5.37. The van der Waals surface area contributed by atoms with Gasteiger partial charge in [0.2, 0.25) is 5.43 Å². The van der Waals surface area contributed by atoms with Gasteiger partial charge < -0.3 is 9.64 Å². The fourth-order valence-electron chi connectivity index (χ4n) is 3.52. The van der Waals surface area contributed by atoms with Crippen LogP contribution in [0, 0.1) is 10.1 Å². The van der Waals surface area contributed by atoms with Crippen molar-refractivity contribution in [2.75, 3.05) is 38.2 Å². The number of ether oxygens (including phenoxy) is 1.